The number of benzene rings is 1. The number of sulfonamides is 1. The molecule has 0 aliphatic heterocycles. The Morgan fingerprint density at radius 1 is 1.35 bits per heavy atom. The number of unbranched alkanes of at least 4 members (excludes halogenated alkanes) is 2. The topological polar surface area (TPSA) is 96.3 Å². The number of hydrogen-bond donors (Lipinski definition) is 1. The van der Waals surface area contributed by atoms with Crippen LogP contribution >= 0.6 is 15.9 Å². The molecule has 0 aliphatic rings. The van der Waals surface area contributed by atoms with Gasteiger partial charge in [0, 0.05) is 10.9 Å². The van der Waals surface area contributed by atoms with Crippen LogP contribution in [0.15, 0.2) is 28.7 Å². The van der Waals surface area contributed by atoms with Crippen molar-refractivity contribution in [2.24, 2.45) is 0 Å². The number of methoxy groups -OCH3 is 1. The number of nitriles is 1. The van der Waals surface area contributed by atoms with Gasteiger partial charge >= 0.3 is 5.97 Å². The van der Waals surface area contributed by atoms with Crippen molar-refractivity contribution in [3.05, 3.63) is 34.3 Å². The average Bonchev–Trinajstić information content (AvgIpc) is 2.51. The minimum absolute atomic E-state index is 0.0805. The predicted octanol–water partition coefficient (Wildman–Crippen LogP) is 2.67. The molecular weight excluding hydrogens is 384 g/mol. The van der Waals surface area contributed by atoms with Crippen LogP contribution in [0.4, 0.5) is 0 Å². The summed E-state index contributed by atoms with van der Waals surface area (Å²) in [5.74, 6) is -0.576. The van der Waals surface area contributed by atoms with Gasteiger partial charge in [0.2, 0.25) is 10.0 Å². The Labute approximate surface area is 145 Å². The van der Waals surface area contributed by atoms with Crippen molar-refractivity contribution in [2.75, 3.05) is 12.9 Å². The molecule has 1 unspecified atom stereocenters. The van der Waals surface area contributed by atoms with E-state index in [1.165, 1.54) is 7.11 Å². The van der Waals surface area contributed by atoms with E-state index in [1.807, 2.05) is 6.07 Å². The zero-order valence-electron chi connectivity index (χ0n) is 12.8. The van der Waals surface area contributed by atoms with Gasteiger partial charge < -0.3 is 4.74 Å². The zero-order valence-corrected chi connectivity index (χ0v) is 15.2. The fraction of sp³-hybridized carbons (Fsp3) is 0.467. The minimum Gasteiger partial charge on any atom is -0.469 e. The van der Waals surface area contributed by atoms with E-state index in [-0.39, 0.29) is 12.2 Å². The van der Waals surface area contributed by atoms with Gasteiger partial charge in [-0.25, -0.2) is 13.1 Å². The van der Waals surface area contributed by atoms with E-state index in [4.69, 9.17) is 5.26 Å². The van der Waals surface area contributed by atoms with Crippen molar-refractivity contribution in [1.82, 2.24) is 4.72 Å². The normalized spacial score (nSPS) is 12.4. The van der Waals surface area contributed by atoms with Crippen LogP contribution in [-0.2, 0) is 19.6 Å². The Kier molecular flexibility index (Phi) is 8.23. The minimum atomic E-state index is -3.55. The van der Waals surface area contributed by atoms with Gasteiger partial charge in [0.1, 0.15) is 0 Å². The number of esters is 1. The second-order valence-electron chi connectivity index (χ2n) is 4.94. The maximum absolute atomic E-state index is 12.2. The summed E-state index contributed by atoms with van der Waals surface area (Å²) in [5.41, 5.74) is 0.680. The zero-order chi connectivity index (χ0) is 17.3. The van der Waals surface area contributed by atoms with Crippen molar-refractivity contribution < 1.29 is 17.9 Å². The third-order valence-corrected chi connectivity index (χ3v) is 5.14. The van der Waals surface area contributed by atoms with Crippen LogP contribution < -0.4 is 4.72 Å². The number of ether oxygens (including phenoxy) is 1. The van der Waals surface area contributed by atoms with E-state index in [1.54, 1.807) is 24.3 Å². The lowest BCUT2D eigenvalue weighted by Crippen LogP contribution is -2.32. The summed E-state index contributed by atoms with van der Waals surface area (Å²) in [6, 6.07) is 8.34. The molecule has 23 heavy (non-hydrogen) atoms. The van der Waals surface area contributed by atoms with E-state index in [0.717, 1.165) is 4.47 Å². The Hall–Kier alpha value is -1.43. The van der Waals surface area contributed by atoms with Gasteiger partial charge in [-0.1, -0.05) is 28.1 Å². The van der Waals surface area contributed by atoms with Gasteiger partial charge in [0.05, 0.1) is 31.4 Å². The van der Waals surface area contributed by atoms with Crippen molar-refractivity contribution >= 4 is 31.9 Å². The first-order valence-corrected chi connectivity index (χ1v) is 9.51. The maximum Gasteiger partial charge on any atom is 0.307 e. The average molecular weight is 403 g/mol. The number of nitrogens with zero attached hydrogens (tertiary/aromatic N) is 1. The highest BCUT2D eigenvalue weighted by molar-refractivity contribution is 9.10. The first kappa shape index (κ1) is 19.6. The van der Waals surface area contributed by atoms with Crippen molar-refractivity contribution in [2.45, 2.75) is 31.7 Å². The maximum atomic E-state index is 12.2. The molecule has 8 heteroatoms. The monoisotopic (exact) mass is 402 g/mol. The molecule has 1 N–H and O–H groups in total. The molecule has 1 aromatic carbocycles. The molecule has 6 nitrogen and oxygen atoms in total. The molecule has 0 aliphatic carbocycles. The van der Waals surface area contributed by atoms with Crippen molar-refractivity contribution in [1.29, 1.82) is 5.26 Å². The van der Waals surface area contributed by atoms with E-state index in [9.17, 15) is 13.2 Å². The number of hydrogen-bond acceptors (Lipinski definition) is 5. The molecule has 0 radical (unpaired) electrons. The highest BCUT2D eigenvalue weighted by Crippen LogP contribution is 2.21. The van der Waals surface area contributed by atoms with Gasteiger partial charge in [-0.2, -0.15) is 5.26 Å². The standard InChI is InChI=1S/C15H19BrN2O4S/c1-22-15(19)11-14(12-5-7-13(16)8-6-12)18-23(20,21)10-4-2-3-9-17/h5-8,14,18H,2-4,10-11H2,1H3. The molecule has 0 saturated heterocycles. The van der Waals surface area contributed by atoms with Crippen LogP contribution in [0, 0.1) is 11.3 Å². The van der Waals surface area contributed by atoms with Crippen LogP contribution in [-0.4, -0.2) is 27.2 Å². The quantitative estimate of drug-likeness (QED) is 0.505. The van der Waals surface area contributed by atoms with Crippen LogP contribution in [0.25, 0.3) is 0 Å². The van der Waals surface area contributed by atoms with Gasteiger partial charge in [-0.05, 0) is 30.5 Å². The van der Waals surface area contributed by atoms with Gasteiger partial charge in [0.15, 0.2) is 0 Å². The van der Waals surface area contributed by atoms with E-state index >= 15 is 0 Å². The number of carbonyl (C=O) groups is 1. The van der Waals surface area contributed by atoms with E-state index in [0.29, 0.717) is 24.8 Å². The molecule has 0 fully saturated rings. The summed E-state index contributed by atoms with van der Waals surface area (Å²) >= 11 is 3.31. The Morgan fingerprint density at radius 3 is 2.57 bits per heavy atom. The summed E-state index contributed by atoms with van der Waals surface area (Å²) in [6.07, 6.45) is 1.16. The number of halogens is 1. The van der Waals surface area contributed by atoms with Crippen molar-refractivity contribution in [3.63, 3.8) is 0 Å². The molecule has 0 bridgehead atoms. The van der Waals surface area contributed by atoms with Crippen LogP contribution in [0.5, 0.6) is 0 Å². The molecule has 0 saturated carbocycles. The first-order chi connectivity index (χ1) is 10.9. The largest absolute Gasteiger partial charge is 0.469 e. The summed E-state index contributed by atoms with van der Waals surface area (Å²) in [5, 5.41) is 8.47. The fourth-order valence-electron chi connectivity index (χ4n) is 1.94. The smallest absolute Gasteiger partial charge is 0.307 e. The molecule has 0 amide bonds. The molecule has 1 rings (SSSR count). The number of carbonyl (C=O) groups excluding carboxylic acids is 1. The molecule has 0 heterocycles. The Balaban J connectivity index is 2.82. The molecule has 0 aromatic heterocycles. The lowest BCUT2D eigenvalue weighted by atomic mass is 10.1. The molecule has 1 aromatic rings. The number of nitrogens with one attached hydrogen (secondary N) is 1. The third kappa shape index (κ3) is 7.59. The summed E-state index contributed by atoms with van der Waals surface area (Å²) in [7, 11) is -2.29. The summed E-state index contributed by atoms with van der Waals surface area (Å²) in [6.45, 7) is 0. The van der Waals surface area contributed by atoms with Gasteiger partial charge in [0.25, 0.3) is 0 Å². The summed E-state index contributed by atoms with van der Waals surface area (Å²) in [4.78, 5) is 11.5. The lowest BCUT2D eigenvalue weighted by Gasteiger charge is -2.18. The molecule has 0 spiro atoms. The molecule has 1 atom stereocenters. The Morgan fingerprint density at radius 2 is 2.00 bits per heavy atom. The van der Waals surface area contributed by atoms with Crippen molar-refractivity contribution in [3.8, 4) is 6.07 Å². The lowest BCUT2D eigenvalue weighted by molar-refractivity contribution is -0.141. The van der Waals surface area contributed by atoms with Gasteiger partial charge in [-0.3, -0.25) is 4.79 Å². The fourth-order valence-corrected chi connectivity index (χ4v) is 3.56. The van der Waals surface area contributed by atoms with Crippen LogP contribution in [0.1, 0.15) is 37.3 Å². The van der Waals surface area contributed by atoms with Gasteiger partial charge in [-0.15, -0.1) is 0 Å². The summed E-state index contributed by atoms with van der Waals surface area (Å²) < 4.78 is 32.4. The Bertz CT molecular complexity index is 653. The van der Waals surface area contributed by atoms with Crippen LogP contribution in [0.3, 0.4) is 0 Å². The van der Waals surface area contributed by atoms with Crippen LogP contribution in [0.2, 0.25) is 0 Å². The number of rotatable bonds is 9. The predicted molar refractivity (Wildman–Crippen MR) is 89.9 cm³/mol. The third-order valence-electron chi connectivity index (χ3n) is 3.14. The van der Waals surface area contributed by atoms with E-state index < -0.39 is 22.0 Å². The SMILES string of the molecule is COC(=O)CC(NS(=O)(=O)CCCCC#N)c1ccc(Br)cc1. The second kappa shape index (κ2) is 9.65. The first-order valence-electron chi connectivity index (χ1n) is 7.07. The molecular formula is C15H19BrN2O4S. The highest BCUT2D eigenvalue weighted by atomic mass is 79.9. The second-order valence-corrected chi connectivity index (χ2v) is 7.73. The molecule has 126 valence electrons. The van der Waals surface area contributed by atoms with E-state index in [2.05, 4.69) is 25.4 Å². The highest BCUT2D eigenvalue weighted by Gasteiger charge is 2.22.